The van der Waals surface area contributed by atoms with Gasteiger partial charge < -0.3 is 16.2 Å². The van der Waals surface area contributed by atoms with Gasteiger partial charge in [-0.2, -0.15) is 0 Å². The minimum Gasteiger partial charge on any atom is -0.390 e. The molecule has 2 amide bonds. The number of nitrogens with two attached hydrogens (primary N) is 1. The molecule has 4 N–H and O–H groups in total. The first kappa shape index (κ1) is 24.2. The summed E-state index contributed by atoms with van der Waals surface area (Å²) < 4.78 is 0. The lowest BCUT2D eigenvalue weighted by molar-refractivity contribution is -0.131. The van der Waals surface area contributed by atoms with Gasteiger partial charge in [-0.1, -0.05) is 37.6 Å². The molecule has 7 heteroatoms. The highest BCUT2D eigenvalue weighted by molar-refractivity contribution is 6.00. The quantitative estimate of drug-likeness (QED) is 0.552. The first-order valence-electron chi connectivity index (χ1n) is 13.8. The lowest BCUT2D eigenvalue weighted by Crippen LogP contribution is -2.53. The van der Waals surface area contributed by atoms with Gasteiger partial charge in [0.25, 0.3) is 5.91 Å². The molecule has 0 saturated heterocycles. The van der Waals surface area contributed by atoms with Crippen LogP contribution in [-0.4, -0.2) is 39.4 Å². The molecular weight excluding hydrogens is 464 g/mol. The molecule has 0 aromatic heterocycles. The van der Waals surface area contributed by atoms with E-state index in [1.807, 2.05) is 18.2 Å². The van der Waals surface area contributed by atoms with E-state index in [0.717, 1.165) is 73.6 Å². The fourth-order valence-corrected chi connectivity index (χ4v) is 6.88. The summed E-state index contributed by atoms with van der Waals surface area (Å²) in [6.07, 6.45) is 7.34. The van der Waals surface area contributed by atoms with Gasteiger partial charge in [0.05, 0.1) is 30.1 Å². The topological polar surface area (TPSA) is 108 Å². The average molecular weight is 501 g/mol. The van der Waals surface area contributed by atoms with Crippen molar-refractivity contribution in [1.29, 1.82) is 0 Å². The Morgan fingerprint density at radius 1 is 1.08 bits per heavy atom. The Hall–Kier alpha value is -3.19. The number of aliphatic hydroxyl groups is 1. The highest BCUT2D eigenvalue weighted by atomic mass is 16.3. The largest absolute Gasteiger partial charge is 0.390 e. The number of fused-ring (bicyclic) bond motifs is 5. The van der Waals surface area contributed by atoms with Crippen LogP contribution in [0.25, 0.3) is 0 Å². The van der Waals surface area contributed by atoms with Crippen molar-refractivity contribution >= 4 is 17.8 Å². The molecule has 5 aliphatic rings. The highest BCUT2D eigenvalue weighted by Gasteiger charge is 2.42. The monoisotopic (exact) mass is 500 g/mol. The standard InChI is InChI=1S/C30H36N4O3/c1-2-30-13-4-3-6-18-9-10-20-16-25(35)27(23(20)14-18)32-28(37)21-12-11-19-7-5-8-24(22(19)15-21)34(26(36)17-30)29(31)33-30/h9-12,14-15,24-25,27,35H,2-8,13,16-17H2,1H3,(H2,31,33)(H,32,37)/t24-,25-,27-,30-/m1/s1. The lowest BCUT2D eigenvalue weighted by atomic mass is 9.82. The van der Waals surface area contributed by atoms with Crippen molar-refractivity contribution < 1.29 is 14.7 Å². The Balaban J connectivity index is 1.43. The smallest absolute Gasteiger partial charge is 0.251 e. The van der Waals surface area contributed by atoms with Crippen molar-refractivity contribution in [2.24, 2.45) is 10.7 Å². The number of aryl methyl sites for hydroxylation is 2. The van der Waals surface area contributed by atoms with Gasteiger partial charge in [-0.15, -0.1) is 0 Å². The Morgan fingerprint density at radius 2 is 1.92 bits per heavy atom. The maximum atomic E-state index is 13.6. The molecular formula is C30H36N4O3. The van der Waals surface area contributed by atoms with E-state index in [0.29, 0.717) is 24.4 Å². The zero-order valence-electron chi connectivity index (χ0n) is 21.5. The molecule has 194 valence electrons. The zero-order valence-corrected chi connectivity index (χ0v) is 21.5. The molecule has 37 heavy (non-hydrogen) atoms. The van der Waals surface area contributed by atoms with E-state index in [1.54, 1.807) is 4.90 Å². The summed E-state index contributed by atoms with van der Waals surface area (Å²) in [6, 6.07) is 11.5. The summed E-state index contributed by atoms with van der Waals surface area (Å²) >= 11 is 0. The van der Waals surface area contributed by atoms with Crippen LogP contribution in [0, 0.1) is 0 Å². The molecule has 7 rings (SSSR count). The van der Waals surface area contributed by atoms with Gasteiger partial charge in [-0.05, 0) is 84.9 Å². The van der Waals surface area contributed by atoms with Crippen LogP contribution in [0.1, 0.15) is 102 Å². The molecule has 0 radical (unpaired) electrons. The molecule has 0 fully saturated rings. The second kappa shape index (κ2) is 9.28. The molecule has 4 atom stereocenters. The molecule has 3 aliphatic heterocycles. The number of carbonyl (C=O) groups excluding carboxylic acids is 2. The summed E-state index contributed by atoms with van der Waals surface area (Å²) in [5.74, 6) is 0.117. The third-order valence-electron chi connectivity index (χ3n) is 9.01. The number of rotatable bonds is 1. The number of nitrogens with zero attached hydrogens (tertiary/aromatic N) is 2. The van der Waals surface area contributed by atoms with Gasteiger partial charge in [0.15, 0.2) is 5.96 Å². The van der Waals surface area contributed by atoms with Crippen LogP contribution in [0.3, 0.4) is 0 Å². The first-order valence-corrected chi connectivity index (χ1v) is 13.8. The minimum absolute atomic E-state index is 0.0254. The van der Waals surface area contributed by atoms with E-state index in [4.69, 9.17) is 10.7 Å². The lowest BCUT2D eigenvalue weighted by Gasteiger charge is -2.42. The Labute approximate surface area is 218 Å². The molecule has 3 heterocycles. The van der Waals surface area contributed by atoms with Crippen LogP contribution < -0.4 is 11.1 Å². The maximum absolute atomic E-state index is 13.6. The number of aliphatic imine (C=N–C) groups is 1. The van der Waals surface area contributed by atoms with Crippen molar-refractivity contribution in [3.8, 4) is 0 Å². The van der Waals surface area contributed by atoms with Gasteiger partial charge in [-0.25, -0.2) is 4.99 Å². The summed E-state index contributed by atoms with van der Waals surface area (Å²) in [6.45, 7) is 2.10. The van der Waals surface area contributed by atoms with Crippen LogP contribution >= 0.6 is 0 Å². The van der Waals surface area contributed by atoms with Crippen LogP contribution in [0.4, 0.5) is 0 Å². The molecule has 2 aliphatic carbocycles. The van der Waals surface area contributed by atoms with Crippen molar-refractivity contribution in [3.63, 3.8) is 0 Å². The summed E-state index contributed by atoms with van der Waals surface area (Å²) in [5, 5.41) is 13.9. The Kier molecular flexibility index (Phi) is 6.06. The second-order valence-corrected chi connectivity index (χ2v) is 11.3. The number of carbonyl (C=O) groups is 2. The van der Waals surface area contributed by atoms with Crippen LogP contribution in [-0.2, 0) is 24.1 Å². The Bertz CT molecular complexity index is 1290. The van der Waals surface area contributed by atoms with Crippen molar-refractivity contribution in [2.75, 3.05) is 0 Å². The highest BCUT2D eigenvalue weighted by Crippen LogP contribution is 2.40. The average Bonchev–Trinajstić information content (AvgIpc) is 3.19. The van der Waals surface area contributed by atoms with E-state index >= 15 is 0 Å². The number of hydrogen-bond donors (Lipinski definition) is 3. The molecule has 0 unspecified atom stereocenters. The van der Waals surface area contributed by atoms with Crippen LogP contribution in [0.15, 0.2) is 41.4 Å². The van der Waals surface area contributed by atoms with Gasteiger partial charge in [0, 0.05) is 12.0 Å². The fourth-order valence-electron chi connectivity index (χ4n) is 6.88. The SMILES string of the molecule is CC[C@@]12CCCCc3ccc4c(c3)[C@@H](NC(=O)c3ccc5c(c3)[C@@H](CCC5)N(C(=O)C1)C(N)=N2)[C@H](O)C4. The number of guanidine groups is 1. The first-order chi connectivity index (χ1) is 17.9. The molecule has 6 bridgehead atoms. The van der Waals surface area contributed by atoms with E-state index in [1.165, 1.54) is 5.56 Å². The normalized spacial score (nSPS) is 29.4. The number of nitrogens with one attached hydrogen (secondary N) is 1. The number of amides is 2. The molecule has 7 nitrogen and oxygen atoms in total. The van der Waals surface area contributed by atoms with E-state index in [2.05, 4.69) is 30.4 Å². The maximum Gasteiger partial charge on any atom is 0.251 e. The van der Waals surface area contributed by atoms with Crippen LogP contribution in [0.5, 0.6) is 0 Å². The predicted octanol–water partition coefficient (Wildman–Crippen LogP) is 3.87. The third kappa shape index (κ3) is 4.23. The number of hydrogen-bond acceptors (Lipinski definition) is 5. The Morgan fingerprint density at radius 3 is 2.73 bits per heavy atom. The van der Waals surface area contributed by atoms with Crippen LogP contribution in [0.2, 0.25) is 0 Å². The van der Waals surface area contributed by atoms with Gasteiger partial charge in [0.1, 0.15) is 0 Å². The van der Waals surface area contributed by atoms with E-state index in [9.17, 15) is 14.7 Å². The van der Waals surface area contributed by atoms with E-state index < -0.39 is 17.7 Å². The fraction of sp³-hybridized carbons (Fsp3) is 0.500. The van der Waals surface area contributed by atoms with Crippen molar-refractivity contribution in [1.82, 2.24) is 10.2 Å². The van der Waals surface area contributed by atoms with E-state index in [-0.39, 0.29) is 17.9 Å². The van der Waals surface area contributed by atoms with Gasteiger partial charge >= 0.3 is 0 Å². The van der Waals surface area contributed by atoms with Crippen molar-refractivity contribution in [2.45, 2.75) is 94.9 Å². The molecule has 2 aromatic rings. The minimum atomic E-state index is -0.648. The molecule has 2 aromatic carbocycles. The number of aliphatic hydroxyl groups excluding tert-OH is 1. The second-order valence-electron chi connectivity index (χ2n) is 11.3. The van der Waals surface area contributed by atoms with Gasteiger partial charge in [0.2, 0.25) is 5.91 Å². The predicted molar refractivity (Wildman–Crippen MR) is 142 cm³/mol. The summed E-state index contributed by atoms with van der Waals surface area (Å²) in [4.78, 5) is 33.7. The summed E-state index contributed by atoms with van der Waals surface area (Å²) in [7, 11) is 0. The number of benzene rings is 2. The third-order valence-corrected chi connectivity index (χ3v) is 9.01. The molecule has 0 saturated carbocycles. The summed E-state index contributed by atoms with van der Waals surface area (Å²) in [5.41, 5.74) is 12.1. The zero-order chi connectivity index (χ0) is 25.7. The molecule has 0 spiro atoms. The van der Waals surface area contributed by atoms with Crippen molar-refractivity contribution in [3.05, 3.63) is 69.8 Å². The van der Waals surface area contributed by atoms with Gasteiger partial charge in [-0.3, -0.25) is 14.5 Å².